The molecule has 186 valence electrons. The van der Waals surface area contributed by atoms with Gasteiger partial charge >= 0.3 is 6.03 Å². The number of amides is 4. The van der Waals surface area contributed by atoms with Crippen LogP contribution in [0, 0.1) is 0 Å². The Balaban J connectivity index is 1.90. The van der Waals surface area contributed by atoms with Gasteiger partial charge in [0.2, 0.25) is 0 Å². The summed E-state index contributed by atoms with van der Waals surface area (Å²) in [6.07, 6.45) is 2.18. The average molecular weight is 547 g/mol. The Morgan fingerprint density at radius 3 is 2.37 bits per heavy atom. The molecule has 0 atom stereocenters. The predicted octanol–water partition coefficient (Wildman–Crippen LogP) is 4.40. The summed E-state index contributed by atoms with van der Waals surface area (Å²) in [5.74, 6) is -0.374. The summed E-state index contributed by atoms with van der Waals surface area (Å²) in [7, 11) is 0. The molecule has 1 fully saturated rings. The van der Waals surface area contributed by atoms with E-state index in [0.29, 0.717) is 46.9 Å². The third-order valence-corrected chi connectivity index (χ3v) is 5.56. The van der Waals surface area contributed by atoms with Crippen LogP contribution in [0.25, 0.3) is 6.08 Å². The van der Waals surface area contributed by atoms with Crippen LogP contribution in [0.2, 0.25) is 0 Å². The maximum absolute atomic E-state index is 13.2. The molecule has 0 unspecified atom stereocenters. The fraction of sp³-hybridized carbons (Fsp3) is 0.320. The highest BCUT2D eigenvalue weighted by molar-refractivity contribution is 9.10. The molecule has 0 aliphatic carbocycles. The van der Waals surface area contributed by atoms with Crippen LogP contribution in [0.4, 0.5) is 4.79 Å². The molecule has 0 spiro atoms. The number of barbiturate groups is 1. The van der Waals surface area contributed by atoms with Crippen molar-refractivity contribution in [2.45, 2.75) is 33.7 Å². The van der Waals surface area contributed by atoms with Gasteiger partial charge in [-0.15, -0.1) is 0 Å². The van der Waals surface area contributed by atoms with Gasteiger partial charge in [0.15, 0.2) is 23.0 Å². The Morgan fingerprint density at radius 1 is 0.971 bits per heavy atom. The summed E-state index contributed by atoms with van der Waals surface area (Å²) in [6.45, 7) is 6.79. The van der Waals surface area contributed by atoms with Crippen molar-refractivity contribution >= 4 is 39.9 Å². The van der Waals surface area contributed by atoms with E-state index in [1.54, 1.807) is 25.1 Å². The maximum Gasteiger partial charge on any atom is 0.331 e. The smallest absolute Gasteiger partial charge is 0.331 e. The first kappa shape index (κ1) is 26.1. The summed E-state index contributed by atoms with van der Waals surface area (Å²) in [5.41, 5.74) is 0.833. The Hall–Kier alpha value is -3.53. The number of hydrogen-bond acceptors (Lipinski definition) is 7. The van der Waals surface area contributed by atoms with Crippen molar-refractivity contribution in [3.8, 4) is 23.0 Å². The minimum absolute atomic E-state index is 0.0765. The first-order valence-corrected chi connectivity index (χ1v) is 12.0. The lowest BCUT2D eigenvalue weighted by Crippen LogP contribution is -2.53. The number of aromatic hydroxyl groups is 1. The second-order valence-electron chi connectivity index (χ2n) is 7.55. The number of nitrogens with zero attached hydrogens (tertiary/aromatic N) is 1. The quantitative estimate of drug-likeness (QED) is 0.335. The fourth-order valence-electron chi connectivity index (χ4n) is 3.38. The summed E-state index contributed by atoms with van der Waals surface area (Å²) < 4.78 is 17.1. The van der Waals surface area contributed by atoms with Crippen molar-refractivity contribution in [2.75, 3.05) is 19.8 Å². The zero-order valence-electron chi connectivity index (χ0n) is 19.7. The summed E-state index contributed by atoms with van der Waals surface area (Å²) in [4.78, 5) is 39.1. The summed E-state index contributed by atoms with van der Waals surface area (Å²) in [5, 5.41) is 12.3. The predicted molar refractivity (Wildman–Crippen MR) is 132 cm³/mol. The Kier molecular flexibility index (Phi) is 8.75. The molecule has 10 heteroatoms. The largest absolute Gasteiger partial charge is 0.503 e. The number of imide groups is 2. The highest BCUT2D eigenvalue weighted by Crippen LogP contribution is 2.36. The number of urea groups is 1. The number of carbonyl (C=O) groups excluding carboxylic acids is 3. The Labute approximate surface area is 211 Å². The molecule has 35 heavy (non-hydrogen) atoms. The van der Waals surface area contributed by atoms with Crippen molar-refractivity contribution in [1.82, 2.24) is 10.2 Å². The third kappa shape index (κ3) is 6.13. The second-order valence-corrected chi connectivity index (χ2v) is 8.41. The fourth-order valence-corrected chi connectivity index (χ4v) is 3.84. The number of rotatable bonds is 10. The number of phenolic OH excluding ortho intramolecular Hbond substituents is 1. The zero-order valence-corrected chi connectivity index (χ0v) is 21.3. The molecule has 0 aromatic heterocycles. The highest BCUT2D eigenvalue weighted by atomic mass is 79.9. The van der Waals surface area contributed by atoms with Crippen LogP contribution >= 0.6 is 15.9 Å². The first-order chi connectivity index (χ1) is 16.8. The molecule has 1 heterocycles. The maximum atomic E-state index is 13.2. The molecular weight excluding hydrogens is 520 g/mol. The van der Waals surface area contributed by atoms with E-state index in [0.717, 1.165) is 11.3 Å². The number of halogens is 1. The Morgan fingerprint density at radius 2 is 1.69 bits per heavy atom. The van der Waals surface area contributed by atoms with Crippen LogP contribution in [0.5, 0.6) is 23.0 Å². The van der Waals surface area contributed by atoms with Gasteiger partial charge < -0.3 is 19.3 Å². The molecular formula is C25H27BrN2O7. The number of benzene rings is 2. The van der Waals surface area contributed by atoms with Gasteiger partial charge in [-0.2, -0.15) is 0 Å². The van der Waals surface area contributed by atoms with Crippen LogP contribution in [0.1, 0.15) is 38.3 Å². The summed E-state index contributed by atoms with van der Waals surface area (Å²) in [6, 6.07) is 7.40. The number of ether oxygens (including phenoxy) is 3. The van der Waals surface area contributed by atoms with Crippen molar-refractivity contribution in [3.63, 3.8) is 0 Å². The van der Waals surface area contributed by atoms with Gasteiger partial charge in [-0.1, -0.05) is 13.0 Å². The molecule has 2 aromatic rings. The lowest BCUT2D eigenvalue weighted by Gasteiger charge is -2.26. The minimum atomic E-state index is -0.816. The minimum Gasteiger partial charge on any atom is -0.503 e. The molecule has 2 N–H and O–H groups in total. The van der Waals surface area contributed by atoms with Crippen molar-refractivity contribution in [2.24, 2.45) is 0 Å². The highest BCUT2D eigenvalue weighted by Gasteiger charge is 2.36. The second kappa shape index (κ2) is 11.7. The molecule has 9 nitrogen and oxygen atoms in total. The number of nitrogens with one attached hydrogen (secondary N) is 1. The van der Waals surface area contributed by atoms with Crippen molar-refractivity contribution < 1.29 is 33.7 Å². The molecule has 1 aliphatic rings. The Bertz CT molecular complexity index is 1160. The lowest BCUT2D eigenvalue weighted by molar-refractivity contribution is -0.130. The van der Waals surface area contributed by atoms with Crippen LogP contribution in [0.3, 0.4) is 0 Å². The van der Waals surface area contributed by atoms with E-state index in [9.17, 15) is 19.5 Å². The van der Waals surface area contributed by atoms with Gasteiger partial charge in [0, 0.05) is 0 Å². The van der Waals surface area contributed by atoms with Gasteiger partial charge in [-0.3, -0.25) is 19.8 Å². The molecule has 2 aromatic carbocycles. The van der Waals surface area contributed by atoms with E-state index in [4.69, 9.17) is 14.2 Å². The monoisotopic (exact) mass is 546 g/mol. The average Bonchev–Trinajstić information content (AvgIpc) is 2.82. The lowest BCUT2D eigenvalue weighted by atomic mass is 10.1. The van der Waals surface area contributed by atoms with Gasteiger partial charge in [0.1, 0.15) is 5.57 Å². The van der Waals surface area contributed by atoms with Crippen LogP contribution in [-0.2, 0) is 16.1 Å². The number of hydrogen-bond donors (Lipinski definition) is 2. The normalized spacial score (nSPS) is 14.8. The first-order valence-electron chi connectivity index (χ1n) is 11.2. The number of phenols is 1. The number of carbonyl (C=O) groups is 3. The molecule has 1 aliphatic heterocycles. The molecule has 0 radical (unpaired) electrons. The van der Waals surface area contributed by atoms with Gasteiger partial charge in [0.25, 0.3) is 11.8 Å². The van der Waals surface area contributed by atoms with E-state index in [1.807, 2.05) is 13.8 Å². The molecule has 0 bridgehead atoms. The van der Waals surface area contributed by atoms with Gasteiger partial charge in [0.05, 0.1) is 30.8 Å². The SMILES string of the molecule is CCCOc1ccc(CN2C(=O)NC(=O)/C(=C\c3cc(Br)c(O)c(OCC)c3)C2=O)cc1OCC. The van der Waals surface area contributed by atoms with E-state index >= 15 is 0 Å². The van der Waals surface area contributed by atoms with Crippen LogP contribution < -0.4 is 19.5 Å². The van der Waals surface area contributed by atoms with E-state index in [2.05, 4.69) is 21.2 Å². The topological polar surface area (TPSA) is 114 Å². The molecule has 4 amide bonds. The van der Waals surface area contributed by atoms with Gasteiger partial charge in [-0.05, 0) is 77.7 Å². The van der Waals surface area contributed by atoms with Crippen molar-refractivity contribution in [3.05, 3.63) is 51.5 Å². The molecule has 0 saturated carbocycles. The van der Waals surface area contributed by atoms with E-state index in [-0.39, 0.29) is 23.6 Å². The van der Waals surface area contributed by atoms with Crippen molar-refractivity contribution in [1.29, 1.82) is 0 Å². The van der Waals surface area contributed by atoms with Gasteiger partial charge in [-0.25, -0.2) is 4.79 Å². The van der Waals surface area contributed by atoms with Crippen LogP contribution in [-0.4, -0.2) is 47.7 Å². The third-order valence-electron chi connectivity index (χ3n) is 4.96. The molecule has 3 rings (SSSR count). The molecule has 1 saturated heterocycles. The standard InChI is InChI=1S/C25H27BrN2O7/c1-4-9-35-19-8-7-15(12-20(19)33-5-2)14-28-24(31)17(23(30)27-25(28)32)10-16-11-18(26)22(29)21(13-16)34-6-3/h7-8,10-13,29H,4-6,9,14H2,1-3H3,(H,27,30,32)/b17-10+. The van der Waals surface area contributed by atoms with Crippen LogP contribution in [0.15, 0.2) is 40.4 Å². The summed E-state index contributed by atoms with van der Waals surface area (Å²) >= 11 is 3.24. The zero-order chi connectivity index (χ0) is 25.5. The van der Waals surface area contributed by atoms with E-state index in [1.165, 1.54) is 18.2 Å². The van der Waals surface area contributed by atoms with E-state index < -0.39 is 17.8 Å².